The first-order valence-electron chi connectivity index (χ1n) is 14.4. The van der Waals surface area contributed by atoms with Crippen LogP contribution in [0.4, 0.5) is 8.78 Å². The Morgan fingerprint density at radius 2 is 1.84 bits per heavy atom. The second-order valence-corrected chi connectivity index (χ2v) is 13.1. The second kappa shape index (κ2) is 15.0. The van der Waals surface area contributed by atoms with E-state index in [9.17, 15) is 18.4 Å². The van der Waals surface area contributed by atoms with Gasteiger partial charge in [-0.2, -0.15) is 8.78 Å². The fourth-order valence-corrected chi connectivity index (χ4v) is 6.61. The first-order chi connectivity index (χ1) is 21.6. The van der Waals surface area contributed by atoms with Crippen LogP contribution in [0.1, 0.15) is 46.0 Å². The number of alkyl halides is 2. The molecule has 2 aromatic carbocycles. The molecule has 0 unspecified atom stereocenters. The maximum absolute atomic E-state index is 13.8. The molecular weight excluding hydrogens is 647 g/mol. The molecule has 2 heterocycles. The lowest BCUT2D eigenvalue weighted by Gasteiger charge is -2.26. The third kappa shape index (κ3) is 8.78. The van der Waals surface area contributed by atoms with Crippen LogP contribution < -0.4 is 9.47 Å². The van der Waals surface area contributed by atoms with E-state index in [4.69, 9.17) is 37.4 Å². The molecule has 3 aromatic rings. The number of esters is 1. The number of hydrogen-bond donors (Lipinski definition) is 0. The number of ether oxygens (including phenoxy) is 3. The van der Waals surface area contributed by atoms with Crippen LogP contribution in [0.25, 0.3) is 0 Å². The third-order valence-electron chi connectivity index (χ3n) is 7.48. The number of aromatic nitrogens is 1. The van der Waals surface area contributed by atoms with Crippen molar-refractivity contribution >= 4 is 46.8 Å². The summed E-state index contributed by atoms with van der Waals surface area (Å²) < 4.78 is 43.1. The summed E-state index contributed by atoms with van der Waals surface area (Å²) in [5.74, 6) is 0.525. The van der Waals surface area contributed by atoms with Crippen LogP contribution in [-0.2, 0) is 22.5 Å². The smallest absolute Gasteiger partial charge is 0.387 e. The van der Waals surface area contributed by atoms with E-state index < -0.39 is 24.1 Å². The van der Waals surface area contributed by atoms with E-state index in [1.54, 1.807) is 32.3 Å². The lowest BCUT2D eigenvalue weighted by molar-refractivity contribution is -0.152. The Morgan fingerprint density at radius 3 is 2.53 bits per heavy atom. The summed E-state index contributed by atoms with van der Waals surface area (Å²) in [6.45, 7) is -1.59. The Bertz CT molecular complexity index is 1510. The monoisotopic (exact) mass is 679 g/mol. The number of benzene rings is 2. The zero-order valence-electron chi connectivity index (χ0n) is 24.8. The molecular formula is C32H33Cl2F2N3O5S. The normalized spacial score (nSPS) is 17.3. The molecule has 240 valence electrons. The van der Waals surface area contributed by atoms with Crippen molar-refractivity contribution in [2.24, 2.45) is 5.92 Å². The number of nitrogens with zero attached hydrogens (tertiary/aromatic N) is 3. The summed E-state index contributed by atoms with van der Waals surface area (Å²) >= 11 is 14.3. The van der Waals surface area contributed by atoms with Gasteiger partial charge in [-0.1, -0.05) is 41.4 Å². The molecule has 2 aliphatic rings. The molecule has 8 nitrogen and oxygen atoms in total. The minimum Gasteiger partial charge on any atom is -0.489 e. The molecule has 5 rings (SSSR count). The van der Waals surface area contributed by atoms with Gasteiger partial charge in [0.05, 0.1) is 16.7 Å². The number of halogens is 4. The van der Waals surface area contributed by atoms with Crippen molar-refractivity contribution in [1.29, 1.82) is 0 Å². The molecule has 0 bridgehead atoms. The summed E-state index contributed by atoms with van der Waals surface area (Å²) in [6, 6.07) is 11.8. The summed E-state index contributed by atoms with van der Waals surface area (Å²) in [7, 11) is 3.39. The first-order valence-corrected chi connectivity index (χ1v) is 16.3. The molecule has 1 aliphatic heterocycles. The van der Waals surface area contributed by atoms with Gasteiger partial charge >= 0.3 is 12.6 Å². The number of hydrogen-bond acceptors (Lipinski definition) is 8. The molecule has 0 radical (unpaired) electrons. The predicted octanol–water partition coefficient (Wildman–Crippen LogP) is 6.88. The Labute approximate surface area is 274 Å². The Kier molecular flexibility index (Phi) is 11.1. The van der Waals surface area contributed by atoms with Gasteiger partial charge in [-0.05, 0) is 59.7 Å². The van der Waals surface area contributed by atoms with Crippen LogP contribution in [-0.4, -0.2) is 71.6 Å². The van der Waals surface area contributed by atoms with E-state index in [2.05, 4.69) is 4.98 Å². The molecule has 2 fully saturated rings. The number of carbonyl (C=O) groups is 2. The van der Waals surface area contributed by atoms with Crippen molar-refractivity contribution in [2.45, 2.75) is 43.9 Å². The average Bonchev–Trinajstić information content (AvgIpc) is 3.73. The van der Waals surface area contributed by atoms with Crippen LogP contribution in [0, 0.1) is 5.92 Å². The van der Waals surface area contributed by atoms with Crippen molar-refractivity contribution in [3.8, 4) is 11.5 Å². The standard InChI is InChI=1S/C32H33Cl2F2N3O5S/c1-38(2)29(40)22-5-3-4-20(12-22)17-39-10-11-45-30(39)31(41)43-27(14-23-24(33)15-37-16-25(23)34)21-8-9-26(44-32(35)36)28(13-21)42-18-19-6-7-19/h3-5,8-9,12-13,15-16,19,27,30,32H,6-7,10-11,14,17-18H2,1-2H3/t27-,30-/m0/s1. The zero-order valence-corrected chi connectivity index (χ0v) is 27.1. The van der Waals surface area contributed by atoms with Gasteiger partial charge in [0, 0.05) is 57.3 Å². The highest BCUT2D eigenvalue weighted by atomic mass is 35.5. The summed E-state index contributed by atoms with van der Waals surface area (Å²) in [4.78, 5) is 33.8. The van der Waals surface area contributed by atoms with Crippen LogP contribution in [0.15, 0.2) is 54.9 Å². The van der Waals surface area contributed by atoms with E-state index in [-0.39, 0.29) is 23.8 Å². The van der Waals surface area contributed by atoms with Crippen molar-refractivity contribution in [2.75, 3.05) is 33.0 Å². The number of pyridine rings is 1. The van der Waals surface area contributed by atoms with Crippen molar-refractivity contribution in [1.82, 2.24) is 14.8 Å². The lowest BCUT2D eigenvalue weighted by atomic mass is 10.0. The van der Waals surface area contributed by atoms with Gasteiger partial charge in [0.15, 0.2) is 16.9 Å². The topological polar surface area (TPSA) is 81.2 Å². The Morgan fingerprint density at radius 1 is 1.09 bits per heavy atom. The minimum absolute atomic E-state index is 0.105. The molecule has 0 N–H and O–H groups in total. The maximum atomic E-state index is 13.8. The van der Waals surface area contributed by atoms with E-state index in [1.165, 1.54) is 35.1 Å². The van der Waals surface area contributed by atoms with Crippen LogP contribution in [0.5, 0.6) is 11.5 Å². The molecule has 1 aliphatic carbocycles. The van der Waals surface area contributed by atoms with Gasteiger partial charge in [0.25, 0.3) is 5.91 Å². The fourth-order valence-electron chi connectivity index (χ4n) is 4.95. The number of thioether (sulfide) groups is 1. The predicted molar refractivity (Wildman–Crippen MR) is 169 cm³/mol. The van der Waals surface area contributed by atoms with Crippen LogP contribution >= 0.6 is 35.0 Å². The van der Waals surface area contributed by atoms with E-state index in [1.807, 2.05) is 23.1 Å². The minimum atomic E-state index is -3.03. The first kappa shape index (κ1) is 33.2. The number of rotatable bonds is 13. The van der Waals surface area contributed by atoms with Crippen molar-refractivity contribution < 1.29 is 32.6 Å². The Hall–Kier alpha value is -3.12. The van der Waals surface area contributed by atoms with E-state index in [0.717, 1.165) is 18.4 Å². The molecule has 0 spiro atoms. The van der Waals surface area contributed by atoms with Gasteiger partial charge < -0.3 is 19.1 Å². The number of carbonyl (C=O) groups excluding carboxylic acids is 2. The summed E-state index contributed by atoms with van der Waals surface area (Å²) in [5.41, 5.74) is 2.48. The highest BCUT2D eigenvalue weighted by molar-refractivity contribution is 8.00. The summed E-state index contributed by atoms with van der Waals surface area (Å²) in [6.07, 6.45) is 4.15. The van der Waals surface area contributed by atoms with Gasteiger partial charge in [-0.3, -0.25) is 14.7 Å². The summed E-state index contributed by atoms with van der Waals surface area (Å²) in [5, 5.41) is -0.0121. The SMILES string of the molecule is CN(C)C(=O)c1cccc(CN2CCS[C@H]2C(=O)O[C@@H](Cc2c(Cl)cncc2Cl)c2ccc(OC(F)F)c(OCC3CC3)c2)c1. The molecule has 1 saturated heterocycles. The van der Waals surface area contributed by atoms with Crippen LogP contribution in [0.3, 0.4) is 0 Å². The molecule has 1 amide bonds. The van der Waals surface area contributed by atoms with Gasteiger partial charge in [0.2, 0.25) is 0 Å². The average molecular weight is 681 g/mol. The molecule has 1 saturated carbocycles. The quantitative estimate of drug-likeness (QED) is 0.181. The highest BCUT2D eigenvalue weighted by Crippen LogP contribution is 2.39. The third-order valence-corrected chi connectivity index (χ3v) is 9.36. The largest absolute Gasteiger partial charge is 0.489 e. The fraction of sp³-hybridized carbons (Fsp3) is 0.406. The van der Waals surface area contributed by atoms with Crippen LogP contribution in [0.2, 0.25) is 10.0 Å². The Balaban J connectivity index is 1.40. The van der Waals surface area contributed by atoms with Crippen molar-refractivity contribution in [3.05, 3.63) is 87.2 Å². The molecule has 1 aromatic heterocycles. The molecule has 45 heavy (non-hydrogen) atoms. The van der Waals surface area contributed by atoms with Gasteiger partial charge in [0.1, 0.15) is 6.10 Å². The number of amides is 1. The van der Waals surface area contributed by atoms with E-state index >= 15 is 0 Å². The molecule has 13 heteroatoms. The maximum Gasteiger partial charge on any atom is 0.387 e. The lowest BCUT2D eigenvalue weighted by Crippen LogP contribution is -2.36. The highest BCUT2D eigenvalue weighted by Gasteiger charge is 2.35. The van der Waals surface area contributed by atoms with Gasteiger partial charge in [-0.15, -0.1) is 11.8 Å². The molecule has 2 atom stereocenters. The van der Waals surface area contributed by atoms with E-state index in [0.29, 0.717) is 58.1 Å². The van der Waals surface area contributed by atoms with Crippen molar-refractivity contribution in [3.63, 3.8) is 0 Å². The zero-order chi connectivity index (χ0) is 32.1. The second-order valence-electron chi connectivity index (χ2n) is 11.1. The van der Waals surface area contributed by atoms with Gasteiger partial charge in [-0.25, -0.2) is 4.79 Å².